The Labute approximate surface area is 283 Å². The zero-order valence-corrected chi connectivity index (χ0v) is 28.2. The second-order valence-electron chi connectivity index (χ2n) is 14.7. The van der Waals surface area contributed by atoms with Crippen LogP contribution in [0.25, 0.3) is 22.3 Å². The number of fused-ring (bicyclic) bond motifs is 2. The summed E-state index contributed by atoms with van der Waals surface area (Å²) < 4.78 is 4.87. The number of hydrogen-bond acceptors (Lipinski definition) is 6. The smallest absolute Gasteiger partial charge is 0.306 e. The lowest BCUT2D eigenvalue weighted by atomic mass is 9.75. The highest BCUT2D eigenvalue weighted by Gasteiger charge is 2.52. The summed E-state index contributed by atoms with van der Waals surface area (Å²) in [7, 11) is 1.37. The summed E-state index contributed by atoms with van der Waals surface area (Å²) in [5.74, 6) is 0.315. The van der Waals surface area contributed by atoms with Gasteiger partial charge in [-0.15, -0.1) is 0 Å². The Morgan fingerprint density at radius 1 is 0.833 bits per heavy atom. The van der Waals surface area contributed by atoms with E-state index >= 15 is 0 Å². The van der Waals surface area contributed by atoms with Gasteiger partial charge in [-0.05, 0) is 83.3 Å². The van der Waals surface area contributed by atoms with E-state index in [1.165, 1.54) is 19.1 Å². The van der Waals surface area contributed by atoms with Gasteiger partial charge < -0.3 is 15.4 Å². The summed E-state index contributed by atoms with van der Waals surface area (Å²) in [6.07, 6.45) is 10.8. The van der Waals surface area contributed by atoms with Gasteiger partial charge in [-0.25, -0.2) is 0 Å². The number of carbonyl (C=O) groups excluding carboxylic acids is 3. The molecule has 0 radical (unpaired) electrons. The number of carbonyl (C=O) groups is 3. The molecule has 0 unspecified atom stereocenters. The predicted octanol–water partition coefficient (Wildman–Crippen LogP) is 6.70. The Kier molecular flexibility index (Phi) is 8.92. The number of esters is 1. The molecule has 3 heterocycles. The Balaban J connectivity index is 0.958. The van der Waals surface area contributed by atoms with Crippen molar-refractivity contribution in [1.29, 1.82) is 0 Å². The van der Waals surface area contributed by atoms with Crippen LogP contribution in [-0.2, 0) is 19.1 Å². The maximum atomic E-state index is 13.6. The molecule has 0 aromatic heterocycles. The van der Waals surface area contributed by atoms with E-state index in [9.17, 15) is 14.4 Å². The van der Waals surface area contributed by atoms with E-state index < -0.39 is 5.92 Å². The van der Waals surface area contributed by atoms with Crippen molar-refractivity contribution < 1.29 is 19.1 Å². The third kappa shape index (κ3) is 6.06. The fourth-order valence-electron chi connectivity index (χ4n) is 9.05. The van der Waals surface area contributed by atoms with E-state index in [1.54, 1.807) is 0 Å². The SMILES string of the molecule is COC(=O)C[C@H](C(=O)N1CCC[C@H]1C1=NC=C(c2ccc(-c3ccc(C4=CN=C([C@@H]5[C@H]6CC[C@H](C6)[C@H]5C(N)=O)C4)cc3)cc2)C1)C(C)C. The van der Waals surface area contributed by atoms with Gasteiger partial charge in [0.15, 0.2) is 0 Å². The Morgan fingerprint density at radius 2 is 1.40 bits per heavy atom. The topological polar surface area (TPSA) is 114 Å². The fraction of sp³-hybridized carbons (Fsp3) is 0.475. The molecular weight excluding hydrogens is 600 g/mol. The van der Waals surface area contributed by atoms with Gasteiger partial charge in [0, 0.05) is 55.0 Å². The van der Waals surface area contributed by atoms with Gasteiger partial charge >= 0.3 is 5.97 Å². The highest BCUT2D eigenvalue weighted by Crippen LogP contribution is 2.54. The summed E-state index contributed by atoms with van der Waals surface area (Å²) >= 11 is 0. The van der Waals surface area contributed by atoms with Crippen molar-refractivity contribution in [2.75, 3.05) is 13.7 Å². The molecule has 0 spiro atoms. The van der Waals surface area contributed by atoms with Gasteiger partial charge in [0.25, 0.3) is 0 Å². The minimum Gasteiger partial charge on any atom is -0.469 e. The number of methoxy groups -OCH3 is 1. The zero-order valence-electron chi connectivity index (χ0n) is 28.2. The molecule has 7 rings (SSSR count). The van der Waals surface area contributed by atoms with Gasteiger partial charge in [-0.1, -0.05) is 62.4 Å². The highest BCUT2D eigenvalue weighted by molar-refractivity contribution is 6.04. The van der Waals surface area contributed by atoms with Gasteiger partial charge in [-0.3, -0.25) is 24.4 Å². The number of benzene rings is 2. The Bertz CT molecular complexity index is 1720. The quantitative estimate of drug-likeness (QED) is 0.290. The number of nitrogens with zero attached hydrogens (tertiary/aromatic N) is 3. The fourth-order valence-corrected chi connectivity index (χ4v) is 9.05. The molecule has 5 aliphatic rings. The lowest BCUT2D eigenvalue weighted by Gasteiger charge is -2.30. The lowest BCUT2D eigenvalue weighted by molar-refractivity contribution is -0.148. The third-order valence-electron chi connectivity index (χ3n) is 11.6. The zero-order chi connectivity index (χ0) is 33.5. The van der Waals surface area contributed by atoms with E-state index in [0.29, 0.717) is 24.8 Å². The molecule has 2 aromatic rings. The van der Waals surface area contributed by atoms with Crippen molar-refractivity contribution in [2.24, 2.45) is 51.2 Å². The molecule has 2 amide bonds. The van der Waals surface area contributed by atoms with Crippen LogP contribution in [0.1, 0.15) is 76.3 Å². The molecule has 8 heteroatoms. The average molecular weight is 647 g/mol. The molecule has 48 heavy (non-hydrogen) atoms. The Morgan fingerprint density at radius 3 is 1.98 bits per heavy atom. The lowest BCUT2D eigenvalue weighted by Crippen LogP contribution is -2.45. The van der Waals surface area contributed by atoms with E-state index in [-0.39, 0.29) is 48.0 Å². The van der Waals surface area contributed by atoms with Crippen LogP contribution in [0, 0.1) is 35.5 Å². The van der Waals surface area contributed by atoms with E-state index in [2.05, 4.69) is 48.5 Å². The molecule has 250 valence electrons. The van der Waals surface area contributed by atoms with Crippen LogP contribution < -0.4 is 5.73 Å². The first kappa shape index (κ1) is 32.2. The maximum Gasteiger partial charge on any atom is 0.306 e. The minimum absolute atomic E-state index is 0.0268. The number of hydrogen-bond donors (Lipinski definition) is 1. The van der Waals surface area contributed by atoms with E-state index in [0.717, 1.165) is 71.4 Å². The van der Waals surface area contributed by atoms with Crippen LogP contribution in [0.3, 0.4) is 0 Å². The normalized spacial score (nSPS) is 26.8. The number of aliphatic imine (C=N–C) groups is 2. The van der Waals surface area contributed by atoms with E-state index in [4.69, 9.17) is 20.5 Å². The number of amides is 2. The first-order valence-electron chi connectivity index (χ1n) is 17.6. The van der Waals surface area contributed by atoms with Crippen LogP contribution in [0.2, 0.25) is 0 Å². The van der Waals surface area contributed by atoms with Gasteiger partial charge in [0.2, 0.25) is 11.8 Å². The first-order chi connectivity index (χ1) is 23.2. The van der Waals surface area contributed by atoms with Crippen molar-refractivity contribution in [1.82, 2.24) is 4.90 Å². The summed E-state index contributed by atoms with van der Waals surface area (Å²) in [4.78, 5) is 49.4. The molecule has 3 fully saturated rings. The summed E-state index contributed by atoms with van der Waals surface area (Å²) in [5, 5.41) is 0. The minimum atomic E-state index is -0.391. The van der Waals surface area contributed by atoms with E-state index in [1.807, 2.05) is 31.1 Å². The molecule has 2 bridgehead atoms. The monoisotopic (exact) mass is 646 g/mol. The van der Waals surface area contributed by atoms with Crippen molar-refractivity contribution in [2.45, 2.75) is 71.3 Å². The standard InChI is InChI=1S/C40H46N4O4/c1-23(2)32(20-36(45)48-3)40(47)44-16-4-5-35(44)33-18-30(21-42-33)26-10-6-24(7-11-26)25-8-12-27(13-9-25)31-19-34(43-22-31)37-28-14-15-29(17-28)38(37)39(41)46/h6-13,21-23,28-29,32,35,37-38H,4-5,14-20H2,1-3H3,(H2,41,46)/t28-,29+,32-,35-,37-,38+/m0/s1. The van der Waals surface area contributed by atoms with Crippen molar-refractivity contribution in [3.05, 3.63) is 72.1 Å². The second-order valence-corrected chi connectivity index (χ2v) is 14.7. The maximum absolute atomic E-state index is 13.6. The molecular formula is C40H46N4O4. The average Bonchev–Trinajstić information content (AvgIpc) is 3.94. The number of ether oxygens (including phenoxy) is 1. The van der Waals surface area contributed by atoms with Gasteiger partial charge in [0.05, 0.1) is 25.5 Å². The molecule has 1 saturated heterocycles. The van der Waals surface area contributed by atoms with Crippen LogP contribution >= 0.6 is 0 Å². The molecule has 2 aliphatic carbocycles. The molecule has 2 N–H and O–H groups in total. The van der Waals surface area contributed by atoms with Crippen molar-refractivity contribution >= 4 is 40.4 Å². The Hall–Kier alpha value is -4.33. The molecule has 2 aromatic carbocycles. The number of allylic oxidation sites excluding steroid dienone is 2. The van der Waals surface area contributed by atoms with Crippen LogP contribution in [0.15, 0.2) is 70.9 Å². The largest absolute Gasteiger partial charge is 0.469 e. The van der Waals surface area contributed by atoms with Gasteiger partial charge in [-0.2, -0.15) is 0 Å². The predicted molar refractivity (Wildman–Crippen MR) is 189 cm³/mol. The van der Waals surface area contributed by atoms with Crippen LogP contribution in [0.4, 0.5) is 0 Å². The molecule has 8 nitrogen and oxygen atoms in total. The number of likely N-dealkylation sites (tertiary alicyclic amines) is 1. The number of primary amides is 1. The summed E-state index contributed by atoms with van der Waals surface area (Å²) in [6, 6.07) is 17.3. The number of rotatable bonds is 10. The molecule has 6 atom stereocenters. The van der Waals surface area contributed by atoms with Crippen molar-refractivity contribution in [3.8, 4) is 11.1 Å². The molecule has 3 aliphatic heterocycles. The summed E-state index contributed by atoms with van der Waals surface area (Å²) in [5.41, 5.74) is 14.9. The van der Waals surface area contributed by atoms with Crippen LogP contribution in [-0.4, -0.2) is 53.8 Å². The van der Waals surface area contributed by atoms with Crippen molar-refractivity contribution in [3.63, 3.8) is 0 Å². The van der Waals surface area contributed by atoms with Gasteiger partial charge in [0.1, 0.15) is 0 Å². The highest BCUT2D eigenvalue weighted by atomic mass is 16.5. The van der Waals surface area contributed by atoms with Crippen LogP contribution in [0.5, 0.6) is 0 Å². The number of nitrogens with two attached hydrogens (primary N) is 1. The molecule has 2 saturated carbocycles. The third-order valence-corrected chi connectivity index (χ3v) is 11.6. The second kappa shape index (κ2) is 13.3. The first-order valence-corrected chi connectivity index (χ1v) is 17.6. The summed E-state index contributed by atoms with van der Waals surface area (Å²) in [6.45, 7) is 4.67.